The molecule has 0 spiro atoms. The van der Waals surface area contributed by atoms with E-state index in [0.717, 1.165) is 21.2 Å². The van der Waals surface area contributed by atoms with Gasteiger partial charge in [0.15, 0.2) is 0 Å². The fourth-order valence-corrected chi connectivity index (χ4v) is 12.8. The first-order chi connectivity index (χ1) is 6.91. The molecule has 0 amide bonds. The van der Waals surface area contributed by atoms with Gasteiger partial charge in [-0.05, 0) is 0 Å². The topological polar surface area (TPSA) is 0 Å². The van der Waals surface area contributed by atoms with Crippen LogP contribution >= 0.6 is 11.6 Å². The molecule has 0 aromatic carbocycles. The van der Waals surface area contributed by atoms with Crippen LogP contribution in [0.5, 0.6) is 0 Å². The molecule has 2 heteroatoms. The quantitative estimate of drug-likeness (QED) is 0.489. The Balaban J connectivity index is 1.96. The zero-order valence-corrected chi connectivity index (χ0v) is 13.8. The Hall–Kier alpha value is 1.09. The van der Waals surface area contributed by atoms with Crippen molar-refractivity contribution in [2.75, 3.05) is 0 Å². The Morgan fingerprint density at radius 1 is 1.00 bits per heavy atom. The summed E-state index contributed by atoms with van der Waals surface area (Å²) < 4.78 is 0.844. The zero-order valence-electron chi connectivity index (χ0n) is 10.2. The van der Waals surface area contributed by atoms with Gasteiger partial charge in [-0.3, -0.25) is 0 Å². The van der Waals surface area contributed by atoms with Crippen molar-refractivity contribution in [1.82, 2.24) is 0 Å². The normalized spacial score (nSPS) is 53.6. The molecule has 4 fully saturated rings. The Morgan fingerprint density at radius 2 is 1.53 bits per heavy atom. The predicted octanol–water partition coefficient (Wildman–Crippen LogP) is 4.51. The van der Waals surface area contributed by atoms with Crippen molar-refractivity contribution in [3.8, 4) is 0 Å². The Bertz CT molecular complexity index is 265. The van der Waals surface area contributed by atoms with Gasteiger partial charge >= 0.3 is 103 Å². The first-order valence-electron chi connectivity index (χ1n) is 6.55. The summed E-state index contributed by atoms with van der Waals surface area (Å²) in [5.41, 5.74) is 0. The van der Waals surface area contributed by atoms with E-state index in [2.05, 4.69) is 14.8 Å². The molecule has 0 N–H and O–H groups in total. The van der Waals surface area contributed by atoms with E-state index < -0.39 is 18.4 Å². The molecule has 4 saturated carbocycles. The summed E-state index contributed by atoms with van der Waals surface area (Å²) in [6, 6.07) is 0. The predicted molar refractivity (Wildman–Crippen MR) is 69.2 cm³/mol. The third kappa shape index (κ3) is 1.53. The van der Waals surface area contributed by atoms with Gasteiger partial charge in [0.05, 0.1) is 0 Å². The summed E-state index contributed by atoms with van der Waals surface area (Å²) in [5, 5.41) is 0.545. The van der Waals surface area contributed by atoms with E-state index in [9.17, 15) is 0 Å². The monoisotopic (exact) mass is 334 g/mol. The number of halogens is 1. The van der Waals surface area contributed by atoms with Crippen LogP contribution in [0.2, 0.25) is 18.2 Å². The molecule has 86 valence electrons. The van der Waals surface area contributed by atoms with Gasteiger partial charge in [-0.2, -0.15) is 0 Å². The van der Waals surface area contributed by atoms with Gasteiger partial charge in [0, 0.05) is 0 Å². The fraction of sp³-hybridized carbons (Fsp3) is 1.00. The van der Waals surface area contributed by atoms with Crippen LogP contribution in [0, 0.1) is 17.8 Å². The first-order valence-corrected chi connectivity index (χ1v) is 17.0. The van der Waals surface area contributed by atoms with E-state index in [1.807, 2.05) is 0 Å². The fourth-order valence-electron chi connectivity index (χ4n) is 4.88. The average molecular weight is 333 g/mol. The maximum atomic E-state index is 6.61. The van der Waals surface area contributed by atoms with Crippen LogP contribution in [0.25, 0.3) is 0 Å². The van der Waals surface area contributed by atoms with Gasteiger partial charge in [-0.25, -0.2) is 0 Å². The third-order valence-corrected chi connectivity index (χ3v) is 17.3. The molecule has 4 aliphatic rings. The van der Waals surface area contributed by atoms with Crippen LogP contribution in [0.3, 0.4) is 0 Å². The Kier molecular flexibility index (Phi) is 2.47. The molecular formula is C13H23ClSn. The number of hydrogen-bond acceptors (Lipinski definition) is 0. The first kappa shape index (κ1) is 11.2. The van der Waals surface area contributed by atoms with Crippen molar-refractivity contribution in [3.63, 3.8) is 0 Å². The number of rotatable bonds is 1. The zero-order chi connectivity index (χ0) is 10.8. The molecule has 0 nitrogen and oxygen atoms in total. The Morgan fingerprint density at radius 3 is 2.00 bits per heavy atom. The van der Waals surface area contributed by atoms with Crippen molar-refractivity contribution in [1.29, 1.82) is 0 Å². The summed E-state index contributed by atoms with van der Waals surface area (Å²) in [6.07, 6.45) is 7.54. The van der Waals surface area contributed by atoms with Crippen molar-refractivity contribution < 1.29 is 0 Å². The van der Waals surface area contributed by atoms with Gasteiger partial charge in [-0.15, -0.1) is 0 Å². The average Bonchev–Trinajstić information content (AvgIpc) is 2.10. The second kappa shape index (κ2) is 3.31. The molecule has 15 heavy (non-hydrogen) atoms. The maximum absolute atomic E-state index is 6.61. The molecule has 2 unspecified atom stereocenters. The minimum atomic E-state index is -1.76. The molecule has 0 saturated heterocycles. The van der Waals surface area contributed by atoms with Crippen LogP contribution in [0.15, 0.2) is 0 Å². The molecule has 0 heterocycles. The summed E-state index contributed by atoms with van der Waals surface area (Å²) in [6.45, 7) is 0. The van der Waals surface area contributed by atoms with Crippen LogP contribution in [0.1, 0.15) is 32.1 Å². The number of hydrogen-bond donors (Lipinski definition) is 0. The molecule has 0 radical (unpaired) electrons. The van der Waals surface area contributed by atoms with E-state index in [0.29, 0.717) is 5.38 Å². The van der Waals surface area contributed by atoms with Gasteiger partial charge < -0.3 is 0 Å². The van der Waals surface area contributed by atoms with Gasteiger partial charge in [-0.1, -0.05) is 0 Å². The van der Waals surface area contributed by atoms with Crippen molar-refractivity contribution in [2.45, 2.75) is 55.7 Å². The molecule has 4 rings (SSSR count). The van der Waals surface area contributed by atoms with Crippen molar-refractivity contribution in [3.05, 3.63) is 0 Å². The van der Waals surface area contributed by atoms with E-state index in [1.165, 1.54) is 25.7 Å². The second-order valence-corrected chi connectivity index (χ2v) is 23.8. The summed E-state index contributed by atoms with van der Waals surface area (Å²) in [5.74, 6) is 2.86. The van der Waals surface area contributed by atoms with Crippen molar-refractivity contribution >= 4 is 30.0 Å². The molecule has 0 aromatic rings. The van der Waals surface area contributed by atoms with Crippen LogP contribution in [0.4, 0.5) is 0 Å². The van der Waals surface area contributed by atoms with Crippen molar-refractivity contribution in [2.24, 2.45) is 17.8 Å². The van der Waals surface area contributed by atoms with Gasteiger partial charge in [0.2, 0.25) is 0 Å². The molecule has 2 atom stereocenters. The van der Waals surface area contributed by atoms with Crippen LogP contribution in [-0.4, -0.2) is 23.8 Å². The minimum absolute atomic E-state index is 0.545. The SMILES string of the molecule is [CH3][Sn]([CH3])([CH3])[C]12CC3CC(C1)C(Cl)C(C3)C2. The molecular weight excluding hydrogens is 310 g/mol. The summed E-state index contributed by atoms with van der Waals surface area (Å²) in [7, 11) is 0. The molecule has 0 aliphatic heterocycles. The molecule has 4 bridgehead atoms. The van der Waals surface area contributed by atoms with E-state index in [4.69, 9.17) is 11.6 Å². The van der Waals surface area contributed by atoms with E-state index in [-0.39, 0.29) is 0 Å². The van der Waals surface area contributed by atoms with Crippen LogP contribution in [-0.2, 0) is 0 Å². The third-order valence-electron chi connectivity index (χ3n) is 5.75. The van der Waals surface area contributed by atoms with E-state index >= 15 is 0 Å². The standard InChI is InChI=1S/C10H14Cl.3CH3.Sn/c11-10-8-2-6-1-7(4-8)5-9(10)3-6;;;;/h6,8-10H,1-5H2;3*1H3;. The van der Waals surface area contributed by atoms with Gasteiger partial charge in [0.1, 0.15) is 0 Å². The molecule has 4 aliphatic carbocycles. The Labute approximate surface area is 103 Å². The second-order valence-electron chi connectivity index (χ2n) is 7.44. The van der Waals surface area contributed by atoms with E-state index in [1.54, 1.807) is 6.42 Å². The van der Waals surface area contributed by atoms with Crippen LogP contribution < -0.4 is 0 Å². The summed E-state index contributed by atoms with van der Waals surface area (Å²) in [4.78, 5) is 7.97. The molecule has 0 aromatic heterocycles. The number of alkyl halides is 1. The summed E-state index contributed by atoms with van der Waals surface area (Å²) >= 11 is 4.85. The van der Waals surface area contributed by atoms with Gasteiger partial charge in [0.25, 0.3) is 0 Å².